The van der Waals surface area contributed by atoms with Crippen LogP contribution in [0.4, 0.5) is 5.69 Å². The highest BCUT2D eigenvalue weighted by Gasteiger charge is 2.09. The average Bonchev–Trinajstić information content (AvgIpc) is 3.10. The van der Waals surface area contributed by atoms with Crippen LogP contribution in [-0.4, -0.2) is 26.8 Å². The van der Waals surface area contributed by atoms with E-state index in [9.17, 15) is 4.79 Å². The monoisotopic (exact) mass is 388 g/mol. The molecule has 8 heteroatoms. The SMILES string of the molecule is Cc1ccc(NC(=O)CSc2n[nH]c(COc3ccccc3)n2)cc1Cl. The lowest BCUT2D eigenvalue weighted by atomic mass is 10.2. The first kappa shape index (κ1) is 18.3. The van der Waals surface area contributed by atoms with E-state index in [2.05, 4.69) is 20.5 Å². The Bertz CT molecular complexity index is 886. The zero-order chi connectivity index (χ0) is 18.4. The zero-order valence-corrected chi connectivity index (χ0v) is 15.6. The van der Waals surface area contributed by atoms with E-state index < -0.39 is 0 Å². The fraction of sp³-hybridized carbons (Fsp3) is 0.167. The van der Waals surface area contributed by atoms with E-state index in [0.717, 1.165) is 11.3 Å². The highest BCUT2D eigenvalue weighted by atomic mass is 35.5. The number of aromatic amines is 1. The molecule has 0 aliphatic rings. The Hall–Kier alpha value is -2.51. The fourth-order valence-electron chi connectivity index (χ4n) is 2.07. The molecular weight excluding hydrogens is 372 g/mol. The molecule has 1 aromatic heterocycles. The van der Waals surface area contributed by atoms with Gasteiger partial charge in [-0.1, -0.05) is 47.6 Å². The number of ether oxygens (including phenoxy) is 1. The van der Waals surface area contributed by atoms with Gasteiger partial charge in [0.15, 0.2) is 5.82 Å². The lowest BCUT2D eigenvalue weighted by Crippen LogP contribution is -2.14. The molecule has 0 aliphatic heterocycles. The maximum absolute atomic E-state index is 12.0. The molecule has 1 heterocycles. The van der Waals surface area contributed by atoms with Crippen molar-refractivity contribution < 1.29 is 9.53 Å². The Kier molecular flexibility index (Phi) is 6.14. The van der Waals surface area contributed by atoms with Gasteiger partial charge in [-0.05, 0) is 36.8 Å². The van der Waals surface area contributed by atoms with Crippen LogP contribution < -0.4 is 10.1 Å². The van der Waals surface area contributed by atoms with Gasteiger partial charge in [0.2, 0.25) is 11.1 Å². The van der Waals surface area contributed by atoms with Crippen molar-refractivity contribution in [2.45, 2.75) is 18.7 Å². The minimum atomic E-state index is -0.151. The standard InChI is InChI=1S/C18H17ClN4O2S/c1-12-7-8-13(9-15(12)19)20-17(24)11-26-18-21-16(22-23-18)10-25-14-5-3-2-4-6-14/h2-9H,10-11H2,1H3,(H,20,24)(H,21,22,23). The number of rotatable bonds is 7. The second-order valence-electron chi connectivity index (χ2n) is 5.47. The average molecular weight is 389 g/mol. The fourth-order valence-corrected chi connectivity index (χ4v) is 2.87. The lowest BCUT2D eigenvalue weighted by Gasteiger charge is -2.06. The second-order valence-corrected chi connectivity index (χ2v) is 6.82. The molecule has 0 fully saturated rings. The third kappa shape index (κ3) is 5.24. The Morgan fingerprint density at radius 2 is 2.08 bits per heavy atom. The first-order valence-electron chi connectivity index (χ1n) is 7.88. The summed E-state index contributed by atoms with van der Waals surface area (Å²) in [6, 6.07) is 14.9. The van der Waals surface area contributed by atoms with Crippen molar-refractivity contribution in [2.24, 2.45) is 0 Å². The van der Waals surface area contributed by atoms with E-state index >= 15 is 0 Å². The van der Waals surface area contributed by atoms with Crippen LogP contribution >= 0.6 is 23.4 Å². The largest absolute Gasteiger partial charge is 0.486 e. The number of nitrogens with zero attached hydrogens (tertiary/aromatic N) is 2. The van der Waals surface area contributed by atoms with Gasteiger partial charge in [0.1, 0.15) is 12.4 Å². The van der Waals surface area contributed by atoms with Crippen molar-refractivity contribution in [1.29, 1.82) is 0 Å². The first-order valence-corrected chi connectivity index (χ1v) is 9.24. The van der Waals surface area contributed by atoms with Gasteiger partial charge in [-0.3, -0.25) is 9.89 Å². The number of H-pyrrole nitrogens is 1. The van der Waals surface area contributed by atoms with Crippen LogP contribution in [0.25, 0.3) is 0 Å². The molecule has 2 aromatic carbocycles. The summed E-state index contributed by atoms with van der Waals surface area (Å²) in [5.41, 5.74) is 1.63. The molecule has 26 heavy (non-hydrogen) atoms. The van der Waals surface area contributed by atoms with Crippen LogP contribution in [-0.2, 0) is 11.4 Å². The minimum absolute atomic E-state index is 0.151. The molecule has 0 saturated carbocycles. The molecule has 0 bridgehead atoms. The Morgan fingerprint density at radius 1 is 1.27 bits per heavy atom. The van der Waals surface area contributed by atoms with Crippen LogP contribution in [0.5, 0.6) is 5.75 Å². The molecule has 0 atom stereocenters. The second kappa shape index (κ2) is 8.73. The molecule has 0 aliphatic carbocycles. The van der Waals surface area contributed by atoms with Crippen molar-refractivity contribution in [1.82, 2.24) is 15.2 Å². The van der Waals surface area contributed by atoms with E-state index in [1.165, 1.54) is 11.8 Å². The Morgan fingerprint density at radius 3 is 2.85 bits per heavy atom. The normalized spacial score (nSPS) is 10.5. The van der Waals surface area contributed by atoms with Gasteiger partial charge in [-0.25, -0.2) is 4.98 Å². The number of halogens is 1. The van der Waals surface area contributed by atoms with Gasteiger partial charge < -0.3 is 10.1 Å². The highest BCUT2D eigenvalue weighted by molar-refractivity contribution is 7.99. The number of aryl methyl sites for hydroxylation is 1. The molecule has 3 rings (SSSR count). The van der Waals surface area contributed by atoms with Crippen LogP contribution in [0.2, 0.25) is 5.02 Å². The van der Waals surface area contributed by atoms with E-state index in [1.54, 1.807) is 6.07 Å². The van der Waals surface area contributed by atoms with E-state index in [4.69, 9.17) is 16.3 Å². The quantitative estimate of drug-likeness (QED) is 0.596. The molecule has 134 valence electrons. The molecule has 0 radical (unpaired) electrons. The summed E-state index contributed by atoms with van der Waals surface area (Å²) >= 11 is 7.30. The van der Waals surface area contributed by atoms with Crippen molar-refractivity contribution >= 4 is 35.0 Å². The molecule has 3 aromatic rings. The van der Waals surface area contributed by atoms with Gasteiger partial charge >= 0.3 is 0 Å². The number of anilines is 1. The highest BCUT2D eigenvalue weighted by Crippen LogP contribution is 2.20. The van der Waals surface area contributed by atoms with Gasteiger partial charge in [-0.2, -0.15) is 0 Å². The zero-order valence-electron chi connectivity index (χ0n) is 14.0. The Balaban J connectivity index is 1.46. The topological polar surface area (TPSA) is 79.9 Å². The molecule has 1 amide bonds. The summed E-state index contributed by atoms with van der Waals surface area (Å²) in [6.07, 6.45) is 0. The number of benzene rings is 2. The number of aromatic nitrogens is 3. The van der Waals surface area contributed by atoms with Gasteiger partial charge in [-0.15, -0.1) is 5.10 Å². The number of carbonyl (C=O) groups is 1. The molecule has 0 unspecified atom stereocenters. The maximum Gasteiger partial charge on any atom is 0.234 e. The number of thioether (sulfide) groups is 1. The van der Waals surface area contributed by atoms with Crippen LogP contribution in [0.15, 0.2) is 53.7 Å². The first-order chi connectivity index (χ1) is 12.6. The predicted molar refractivity (Wildman–Crippen MR) is 103 cm³/mol. The third-order valence-corrected chi connectivity index (χ3v) is 4.67. The predicted octanol–water partition coefficient (Wildman–Crippen LogP) is 4.08. The van der Waals surface area contributed by atoms with Crippen molar-refractivity contribution in [3.63, 3.8) is 0 Å². The number of hydrogen-bond donors (Lipinski definition) is 2. The summed E-state index contributed by atoms with van der Waals surface area (Å²) in [7, 11) is 0. The number of carbonyl (C=O) groups excluding carboxylic acids is 1. The summed E-state index contributed by atoms with van der Waals surface area (Å²) in [5.74, 6) is 1.40. The van der Waals surface area contributed by atoms with Crippen LogP contribution in [0.3, 0.4) is 0 Å². The summed E-state index contributed by atoms with van der Waals surface area (Å²) < 4.78 is 5.60. The molecule has 2 N–H and O–H groups in total. The van der Waals surface area contributed by atoms with Gasteiger partial charge in [0.25, 0.3) is 0 Å². The van der Waals surface area contributed by atoms with E-state index in [-0.39, 0.29) is 18.3 Å². The molecular formula is C18H17ClN4O2S. The van der Waals surface area contributed by atoms with Gasteiger partial charge in [0, 0.05) is 10.7 Å². The summed E-state index contributed by atoms with van der Waals surface area (Å²) in [6.45, 7) is 2.19. The third-order valence-electron chi connectivity index (χ3n) is 3.42. The van der Waals surface area contributed by atoms with Gasteiger partial charge in [0.05, 0.1) is 5.75 Å². The smallest absolute Gasteiger partial charge is 0.234 e. The van der Waals surface area contributed by atoms with E-state index in [1.807, 2.05) is 49.4 Å². The summed E-state index contributed by atoms with van der Waals surface area (Å²) in [4.78, 5) is 16.3. The summed E-state index contributed by atoms with van der Waals surface area (Å²) in [5, 5.41) is 10.8. The molecule has 0 spiro atoms. The van der Waals surface area contributed by atoms with Crippen LogP contribution in [0.1, 0.15) is 11.4 Å². The molecule has 6 nitrogen and oxygen atoms in total. The maximum atomic E-state index is 12.0. The van der Waals surface area contributed by atoms with Crippen molar-refractivity contribution in [3.05, 3.63) is 64.9 Å². The molecule has 0 saturated heterocycles. The number of amides is 1. The van der Waals surface area contributed by atoms with E-state index in [0.29, 0.717) is 21.7 Å². The Labute approximate surface area is 160 Å². The lowest BCUT2D eigenvalue weighted by molar-refractivity contribution is -0.113. The van der Waals surface area contributed by atoms with Crippen molar-refractivity contribution in [3.8, 4) is 5.75 Å². The van der Waals surface area contributed by atoms with Crippen molar-refractivity contribution in [2.75, 3.05) is 11.1 Å². The van der Waals surface area contributed by atoms with Crippen LogP contribution in [0, 0.1) is 6.92 Å². The minimum Gasteiger partial charge on any atom is -0.486 e. The number of nitrogens with one attached hydrogen (secondary N) is 2. The number of hydrogen-bond acceptors (Lipinski definition) is 5. The number of para-hydroxylation sites is 1.